The van der Waals surface area contributed by atoms with E-state index in [1.165, 1.54) is 22.6 Å². The van der Waals surface area contributed by atoms with Crippen LogP contribution in [-0.4, -0.2) is 46.4 Å². The third kappa shape index (κ3) is 4.22. The van der Waals surface area contributed by atoms with Crippen LogP contribution < -0.4 is 10.9 Å². The molecule has 0 spiro atoms. The first-order valence-corrected chi connectivity index (χ1v) is 10.2. The molecule has 1 N–H and O–H groups in total. The lowest BCUT2D eigenvalue weighted by atomic mass is 9.91. The van der Waals surface area contributed by atoms with E-state index in [4.69, 9.17) is 0 Å². The quantitative estimate of drug-likeness (QED) is 0.727. The Hall–Kier alpha value is -2.99. The number of likely N-dealkylation sites (tertiary alicyclic amines) is 1. The molecule has 2 aromatic heterocycles. The number of nitrogens with one attached hydrogen (secondary N) is 1. The summed E-state index contributed by atoms with van der Waals surface area (Å²) in [4.78, 5) is 31.9. The van der Waals surface area contributed by atoms with E-state index in [9.17, 15) is 9.59 Å². The number of benzene rings is 1. The predicted octanol–water partition coefficient (Wildman–Crippen LogP) is 2.61. The maximum absolute atomic E-state index is 12.7. The fraction of sp³-hybridized carbons (Fsp3) is 0.348. The van der Waals surface area contributed by atoms with E-state index in [0.717, 1.165) is 31.7 Å². The minimum atomic E-state index is -0.364. The number of piperidine rings is 1. The topological polar surface area (TPSA) is 66.7 Å². The fourth-order valence-corrected chi connectivity index (χ4v) is 4.11. The van der Waals surface area contributed by atoms with Gasteiger partial charge in [-0.25, -0.2) is 4.98 Å². The summed E-state index contributed by atoms with van der Waals surface area (Å²) in [5.74, 6) is 0.176. The van der Waals surface area contributed by atoms with Gasteiger partial charge in [-0.3, -0.25) is 14.0 Å². The second-order valence-electron chi connectivity index (χ2n) is 7.64. The summed E-state index contributed by atoms with van der Waals surface area (Å²) >= 11 is 0. The number of rotatable bonds is 5. The van der Waals surface area contributed by atoms with Gasteiger partial charge in [0.2, 0.25) is 0 Å². The summed E-state index contributed by atoms with van der Waals surface area (Å²) in [7, 11) is 0. The lowest BCUT2D eigenvalue weighted by Crippen LogP contribution is -2.41. The Morgan fingerprint density at radius 1 is 1.17 bits per heavy atom. The Balaban J connectivity index is 1.37. The summed E-state index contributed by atoms with van der Waals surface area (Å²) in [5, 5.41) is 2.89. The van der Waals surface area contributed by atoms with Gasteiger partial charge in [0.25, 0.3) is 11.5 Å². The first kappa shape index (κ1) is 19.3. The van der Waals surface area contributed by atoms with Crippen LogP contribution in [0.1, 0.15) is 40.4 Å². The highest BCUT2D eigenvalue weighted by atomic mass is 16.2. The second-order valence-corrected chi connectivity index (χ2v) is 7.64. The van der Waals surface area contributed by atoms with Crippen LogP contribution in [0.2, 0.25) is 0 Å². The monoisotopic (exact) mass is 390 g/mol. The van der Waals surface area contributed by atoms with Crippen molar-refractivity contribution in [3.05, 3.63) is 81.9 Å². The molecule has 0 aliphatic carbocycles. The van der Waals surface area contributed by atoms with Crippen molar-refractivity contribution in [2.24, 2.45) is 0 Å². The van der Waals surface area contributed by atoms with E-state index >= 15 is 0 Å². The molecule has 0 radical (unpaired) electrons. The number of nitrogens with zero attached hydrogens (tertiary/aromatic N) is 3. The van der Waals surface area contributed by atoms with Crippen LogP contribution in [0, 0.1) is 6.92 Å². The number of aryl methyl sites for hydroxylation is 1. The van der Waals surface area contributed by atoms with Gasteiger partial charge in [0, 0.05) is 31.5 Å². The minimum Gasteiger partial charge on any atom is -0.351 e. The van der Waals surface area contributed by atoms with E-state index in [1.54, 1.807) is 6.07 Å². The highest BCUT2D eigenvalue weighted by Gasteiger charge is 2.21. The summed E-state index contributed by atoms with van der Waals surface area (Å²) in [6.07, 6.45) is 3.73. The van der Waals surface area contributed by atoms with Gasteiger partial charge in [-0.15, -0.1) is 0 Å². The van der Waals surface area contributed by atoms with Crippen molar-refractivity contribution in [3.63, 3.8) is 0 Å². The molecule has 0 saturated carbocycles. The number of fused-ring (bicyclic) bond motifs is 1. The van der Waals surface area contributed by atoms with E-state index in [2.05, 4.69) is 39.5 Å². The zero-order valence-corrected chi connectivity index (χ0v) is 16.7. The summed E-state index contributed by atoms with van der Waals surface area (Å²) in [6.45, 7) is 5.15. The van der Waals surface area contributed by atoms with Crippen molar-refractivity contribution in [2.75, 3.05) is 26.2 Å². The maximum atomic E-state index is 12.7. The number of pyridine rings is 1. The molecule has 0 bridgehead atoms. The van der Waals surface area contributed by atoms with E-state index in [-0.39, 0.29) is 17.0 Å². The zero-order chi connectivity index (χ0) is 20.2. The van der Waals surface area contributed by atoms with E-state index in [1.807, 2.05) is 25.1 Å². The molecule has 3 aromatic rings. The molecular formula is C23H26N4O2. The molecule has 0 unspecified atom stereocenters. The van der Waals surface area contributed by atoms with Crippen LogP contribution in [0.15, 0.2) is 59.5 Å². The number of hydrogen-bond donors (Lipinski definition) is 1. The molecule has 4 rings (SSSR count). The molecule has 150 valence electrons. The number of carbonyl (C=O) groups excluding carboxylic acids is 1. The Morgan fingerprint density at radius 3 is 2.83 bits per heavy atom. The van der Waals surface area contributed by atoms with Crippen LogP contribution in [0.3, 0.4) is 0 Å². The first-order chi connectivity index (χ1) is 14.1. The Kier molecular flexibility index (Phi) is 5.71. The normalized spacial score (nSPS) is 17.3. The van der Waals surface area contributed by atoms with Gasteiger partial charge in [-0.1, -0.05) is 36.4 Å². The molecule has 1 fully saturated rings. The predicted molar refractivity (Wildman–Crippen MR) is 113 cm³/mol. The standard InChI is InChI=1S/C23H26N4O2/c1-17-7-5-11-21-25-15-20(23(29)27(17)21)22(28)24-12-14-26-13-6-10-19(16-26)18-8-3-2-4-9-18/h2-5,7-9,11,15,19H,6,10,12-14,16H2,1H3,(H,24,28)/t19-/m1/s1. The van der Waals surface area contributed by atoms with E-state index < -0.39 is 0 Å². The zero-order valence-electron chi connectivity index (χ0n) is 16.7. The van der Waals surface area contributed by atoms with Gasteiger partial charge in [-0.05, 0) is 49.9 Å². The van der Waals surface area contributed by atoms with Crippen LogP contribution in [0.4, 0.5) is 0 Å². The highest BCUT2D eigenvalue weighted by Crippen LogP contribution is 2.26. The third-order valence-corrected chi connectivity index (χ3v) is 5.66. The van der Waals surface area contributed by atoms with Crippen molar-refractivity contribution in [1.29, 1.82) is 0 Å². The lowest BCUT2D eigenvalue weighted by Gasteiger charge is -2.33. The molecule has 1 saturated heterocycles. The molecule has 6 nitrogen and oxygen atoms in total. The van der Waals surface area contributed by atoms with Gasteiger partial charge in [0.1, 0.15) is 11.2 Å². The molecule has 3 heterocycles. The van der Waals surface area contributed by atoms with Crippen molar-refractivity contribution in [3.8, 4) is 0 Å². The molecule has 1 atom stereocenters. The van der Waals surface area contributed by atoms with Crippen molar-refractivity contribution < 1.29 is 4.79 Å². The molecule has 1 aromatic carbocycles. The van der Waals surface area contributed by atoms with Crippen molar-refractivity contribution >= 4 is 11.6 Å². The summed E-state index contributed by atoms with van der Waals surface area (Å²) < 4.78 is 1.48. The maximum Gasteiger partial charge on any atom is 0.270 e. The van der Waals surface area contributed by atoms with Gasteiger partial charge >= 0.3 is 0 Å². The number of amides is 1. The molecule has 1 aliphatic heterocycles. The Bertz CT molecular complexity index is 1060. The summed E-state index contributed by atoms with van der Waals surface area (Å²) in [5.41, 5.74) is 2.44. The Morgan fingerprint density at radius 2 is 2.00 bits per heavy atom. The van der Waals surface area contributed by atoms with Crippen molar-refractivity contribution in [2.45, 2.75) is 25.7 Å². The molecule has 29 heavy (non-hydrogen) atoms. The van der Waals surface area contributed by atoms with Crippen LogP contribution in [0.5, 0.6) is 0 Å². The number of carbonyl (C=O) groups is 1. The smallest absolute Gasteiger partial charge is 0.270 e. The first-order valence-electron chi connectivity index (χ1n) is 10.2. The second kappa shape index (κ2) is 8.57. The average molecular weight is 390 g/mol. The molecule has 1 amide bonds. The fourth-order valence-electron chi connectivity index (χ4n) is 4.11. The third-order valence-electron chi connectivity index (χ3n) is 5.66. The minimum absolute atomic E-state index is 0.0811. The lowest BCUT2D eigenvalue weighted by molar-refractivity contribution is 0.0943. The van der Waals surface area contributed by atoms with Crippen LogP contribution in [0.25, 0.3) is 5.65 Å². The Labute approximate surface area is 170 Å². The number of hydrogen-bond acceptors (Lipinski definition) is 4. The van der Waals surface area contributed by atoms with E-state index in [0.29, 0.717) is 18.1 Å². The highest BCUT2D eigenvalue weighted by molar-refractivity contribution is 5.93. The van der Waals surface area contributed by atoms with Gasteiger partial charge in [0.05, 0.1) is 0 Å². The van der Waals surface area contributed by atoms with Gasteiger partial charge in [0.15, 0.2) is 0 Å². The molecule has 1 aliphatic rings. The van der Waals surface area contributed by atoms with Gasteiger partial charge in [-0.2, -0.15) is 0 Å². The molecule has 6 heteroatoms. The van der Waals surface area contributed by atoms with Crippen LogP contribution >= 0.6 is 0 Å². The number of aromatic nitrogens is 2. The van der Waals surface area contributed by atoms with Crippen molar-refractivity contribution in [1.82, 2.24) is 19.6 Å². The average Bonchev–Trinajstić information content (AvgIpc) is 2.75. The van der Waals surface area contributed by atoms with Crippen LogP contribution in [-0.2, 0) is 0 Å². The largest absolute Gasteiger partial charge is 0.351 e. The summed E-state index contributed by atoms with van der Waals surface area (Å²) in [6, 6.07) is 16.0. The SMILES string of the molecule is Cc1cccc2ncc(C(=O)NCCN3CCC[C@@H](c4ccccc4)C3)c(=O)n12. The van der Waals surface area contributed by atoms with Gasteiger partial charge < -0.3 is 10.2 Å². The molecular weight excluding hydrogens is 364 g/mol.